The first kappa shape index (κ1) is 17.0. The van der Waals surface area contributed by atoms with Crippen molar-refractivity contribution in [2.75, 3.05) is 25.5 Å². The Balaban J connectivity index is 1.85. The van der Waals surface area contributed by atoms with E-state index in [0.29, 0.717) is 23.7 Å². The highest BCUT2D eigenvalue weighted by Crippen LogP contribution is 2.21. The number of quaternary nitrogens is 1. The van der Waals surface area contributed by atoms with Crippen molar-refractivity contribution >= 4 is 22.2 Å². The quantitative estimate of drug-likeness (QED) is 0.811. The fourth-order valence-corrected chi connectivity index (χ4v) is 2.97. The Kier molecular flexibility index (Phi) is 6.15. The van der Waals surface area contributed by atoms with Crippen molar-refractivity contribution in [1.82, 2.24) is 0 Å². The number of carbonyl (C=O) groups excluding carboxylic acids is 1. The molecule has 1 heterocycles. The van der Waals surface area contributed by atoms with Crippen LogP contribution in [-0.4, -0.2) is 26.1 Å². The zero-order chi connectivity index (χ0) is 16.7. The van der Waals surface area contributed by atoms with Gasteiger partial charge >= 0.3 is 0 Å². The predicted octanol–water partition coefficient (Wildman–Crippen LogP) is 1.67. The van der Waals surface area contributed by atoms with E-state index in [1.54, 1.807) is 11.4 Å². The minimum Gasteiger partial charge on any atom is -0.494 e. The van der Waals surface area contributed by atoms with E-state index >= 15 is 0 Å². The van der Waals surface area contributed by atoms with Gasteiger partial charge in [-0.15, -0.1) is 11.3 Å². The number of nitrogens with zero attached hydrogens (tertiary/aromatic N) is 1. The van der Waals surface area contributed by atoms with Gasteiger partial charge in [-0.1, -0.05) is 0 Å². The summed E-state index contributed by atoms with van der Waals surface area (Å²) in [5.74, 6) is 0.765. The molecule has 0 aliphatic carbocycles. The molecule has 0 aliphatic rings. The lowest BCUT2D eigenvalue weighted by molar-refractivity contribution is -0.885. The molecule has 2 N–H and O–H groups in total. The van der Waals surface area contributed by atoms with E-state index in [4.69, 9.17) is 10.00 Å². The van der Waals surface area contributed by atoms with Gasteiger partial charge in [-0.3, -0.25) is 4.79 Å². The monoisotopic (exact) mass is 330 g/mol. The van der Waals surface area contributed by atoms with Gasteiger partial charge in [-0.25, -0.2) is 0 Å². The van der Waals surface area contributed by atoms with Crippen molar-refractivity contribution in [3.63, 3.8) is 0 Å². The average molecular weight is 330 g/mol. The second-order valence-corrected chi connectivity index (χ2v) is 6.13. The largest absolute Gasteiger partial charge is 0.494 e. The average Bonchev–Trinajstić information content (AvgIpc) is 2.96. The van der Waals surface area contributed by atoms with Crippen molar-refractivity contribution in [3.8, 4) is 11.8 Å². The highest BCUT2D eigenvalue weighted by molar-refractivity contribution is 7.14. The minimum atomic E-state index is -0.0904. The number of likely N-dealkylation sites (N-methyl/N-ethyl adjacent to an activating group) is 1. The first-order valence-corrected chi connectivity index (χ1v) is 8.30. The van der Waals surface area contributed by atoms with Crippen LogP contribution in [0.2, 0.25) is 0 Å². The molecule has 1 aromatic carbocycles. The molecule has 0 saturated heterocycles. The van der Waals surface area contributed by atoms with Crippen molar-refractivity contribution in [2.24, 2.45) is 0 Å². The number of hydrogen-bond donors (Lipinski definition) is 2. The Bertz CT molecular complexity index is 689. The van der Waals surface area contributed by atoms with Gasteiger partial charge in [0.1, 0.15) is 23.4 Å². The summed E-state index contributed by atoms with van der Waals surface area (Å²) in [4.78, 5) is 13.1. The Hall–Kier alpha value is -2.36. The van der Waals surface area contributed by atoms with Crippen LogP contribution < -0.4 is 15.0 Å². The van der Waals surface area contributed by atoms with Crippen LogP contribution in [0, 0.1) is 11.3 Å². The normalized spacial score (nSPS) is 11.5. The van der Waals surface area contributed by atoms with E-state index in [2.05, 4.69) is 11.4 Å². The maximum absolute atomic E-state index is 12.1. The standard InChI is InChI=1S/C17H19N3O2S/c1-3-22-15-6-4-13(5-7-15)11-20(2)12-16(21)19-17-14(10-18)8-9-23-17/h4-9H,3,11-12H2,1-2H3,(H,19,21)/p+1. The van der Waals surface area contributed by atoms with Gasteiger partial charge in [0, 0.05) is 5.56 Å². The lowest BCUT2D eigenvalue weighted by Crippen LogP contribution is -3.08. The fraction of sp³-hybridized carbons (Fsp3) is 0.294. The van der Waals surface area contributed by atoms with E-state index in [1.807, 2.05) is 38.2 Å². The van der Waals surface area contributed by atoms with E-state index < -0.39 is 0 Å². The number of amides is 1. The molecule has 1 atom stereocenters. The third-order valence-electron chi connectivity index (χ3n) is 3.24. The smallest absolute Gasteiger partial charge is 0.280 e. The summed E-state index contributed by atoms with van der Waals surface area (Å²) in [5, 5.41) is 14.2. The summed E-state index contributed by atoms with van der Waals surface area (Å²) in [6.45, 7) is 3.69. The number of carbonyl (C=O) groups is 1. The molecule has 0 radical (unpaired) electrons. The third-order valence-corrected chi connectivity index (χ3v) is 4.07. The Morgan fingerprint density at radius 1 is 1.35 bits per heavy atom. The van der Waals surface area contributed by atoms with Crippen LogP contribution in [-0.2, 0) is 11.3 Å². The molecule has 0 saturated carbocycles. The first-order chi connectivity index (χ1) is 11.1. The van der Waals surface area contributed by atoms with Gasteiger partial charge in [0.05, 0.1) is 19.2 Å². The Morgan fingerprint density at radius 2 is 2.09 bits per heavy atom. The van der Waals surface area contributed by atoms with Crippen LogP contribution in [0.3, 0.4) is 0 Å². The summed E-state index contributed by atoms with van der Waals surface area (Å²) in [6, 6.07) is 11.7. The molecule has 2 rings (SSSR count). The highest BCUT2D eigenvalue weighted by Gasteiger charge is 2.13. The van der Waals surface area contributed by atoms with Gasteiger partial charge in [-0.05, 0) is 42.6 Å². The number of nitrogens with one attached hydrogen (secondary N) is 2. The Morgan fingerprint density at radius 3 is 2.74 bits per heavy atom. The van der Waals surface area contributed by atoms with Crippen LogP contribution in [0.15, 0.2) is 35.7 Å². The summed E-state index contributed by atoms with van der Waals surface area (Å²) >= 11 is 1.36. The molecule has 5 nitrogen and oxygen atoms in total. The lowest BCUT2D eigenvalue weighted by atomic mass is 10.2. The van der Waals surface area contributed by atoms with Gasteiger partial charge < -0.3 is 15.0 Å². The molecule has 0 aliphatic heterocycles. The number of ether oxygens (including phenoxy) is 1. The minimum absolute atomic E-state index is 0.0904. The van der Waals surface area contributed by atoms with Crippen molar-refractivity contribution in [2.45, 2.75) is 13.5 Å². The van der Waals surface area contributed by atoms with Crippen molar-refractivity contribution in [1.29, 1.82) is 5.26 Å². The van der Waals surface area contributed by atoms with E-state index in [-0.39, 0.29) is 5.91 Å². The molecule has 120 valence electrons. The number of hydrogen-bond acceptors (Lipinski definition) is 4. The zero-order valence-electron chi connectivity index (χ0n) is 13.3. The van der Waals surface area contributed by atoms with Crippen LogP contribution >= 0.6 is 11.3 Å². The molecule has 6 heteroatoms. The fourth-order valence-electron chi connectivity index (χ4n) is 2.22. The predicted molar refractivity (Wildman–Crippen MR) is 90.7 cm³/mol. The van der Waals surface area contributed by atoms with Crippen molar-refractivity contribution in [3.05, 3.63) is 46.8 Å². The molecule has 2 aromatic rings. The number of nitriles is 1. The van der Waals surface area contributed by atoms with Crippen LogP contribution in [0.5, 0.6) is 5.75 Å². The van der Waals surface area contributed by atoms with Crippen LogP contribution in [0.25, 0.3) is 0 Å². The first-order valence-electron chi connectivity index (χ1n) is 7.43. The highest BCUT2D eigenvalue weighted by atomic mass is 32.1. The van der Waals surface area contributed by atoms with E-state index in [0.717, 1.165) is 22.8 Å². The third kappa shape index (κ3) is 5.09. The molecule has 0 fully saturated rings. The Labute approximate surface area is 140 Å². The summed E-state index contributed by atoms with van der Waals surface area (Å²) in [6.07, 6.45) is 0. The number of thiophene rings is 1. The number of anilines is 1. The van der Waals surface area contributed by atoms with Crippen molar-refractivity contribution < 1.29 is 14.4 Å². The maximum Gasteiger partial charge on any atom is 0.280 e. The van der Waals surface area contributed by atoms with Gasteiger partial charge in [0.2, 0.25) is 0 Å². The summed E-state index contributed by atoms with van der Waals surface area (Å²) in [5.41, 5.74) is 1.65. The second-order valence-electron chi connectivity index (χ2n) is 5.21. The molecule has 1 amide bonds. The van der Waals surface area contributed by atoms with Crippen LogP contribution in [0.4, 0.5) is 5.00 Å². The second kappa shape index (κ2) is 8.32. The molecular formula is C17H20N3O2S+. The molecule has 1 aromatic heterocycles. The van der Waals surface area contributed by atoms with Crippen LogP contribution in [0.1, 0.15) is 18.1 Å². The maximum atomic E-state index is 12.1. The molecular weight excluding hydrogens is 310 g/mol. The molecule has 23 heavy (non-hydrogen) atoms. The zero-order valence-corrected chi connectivity index (χ0v) is 14.1. The lowest BCUT2D eigenvalue weighted by Gasteiger charge is -2.14. The van der Waals surface area contributed by atoms with E-state index in [9.17, 15) is 4.79 Å². The SMILES string of the molecule is CCOc1ccc(C[NH+](C)CC(=O)Nc2sccc2C#N)cc1. The molecule has 0 spiro atoms. The molecule has 1 unspecified atom stereocenters. The summed E-state index contributed by atoms with van der Waals surface area (Å²) in [7, 11) is 1.97. The van der Waals surface area contributed by atoms with Gasteiger partial charge in [0.25, 0.3) is 5.91 Å². The van der Waals surface area contributed by atoms with Gasteiger partial charge in [-0.2, -0.15) is 5.26 Å². The molecule has 0 bridgehead atoms. The van der Waals surface area contributed by atoms with E-state index in [1.165, 1.54) is 11.3 Å². The summed E-state index contributed by atoms with van der Waals surface area (Å²) < 4.78 is 5.41. The number of benzene rings is 1. The number of rotatable bonds is 7. The van der Waals surface area contributed by atoms with Gasteiger partial charge in [0.15, 0.2) is 6.54 Å². The topological polar surface area (TPSA) is 66.6 Å².